The van der Waals surface area contributed by atoms with Crippen molar-refractivity contribution in [1.82, 2.24) is 13.9 Å². The molecule has 9 nitrogen and oxygen atoms in total. The van der Waals surface area contributed by atoms with E-state index in [-0.39, 0.29) is 28.8 Å². The number of amides is 1. The van der Waals surface area contributed by atoms with Crippen LogP contribution in [0, 0.1) is 0 Å². The SMILES string of the molecule is CCN(CC)S(=O)(=O)c1cc(C(=O)NC2CCCN(S(C)(=O)=O)C2)ccc1OC. The zero-order valence-electron chi connectivity index (χ0n) is 17.2. The van der Waals surface area contributed by atoms with Crippen molar-refractivity contribution in [1.29, 1.82) is 0 Å². The number of nitrogens with zero attached hydrogens (tertiary/aromatic N) is 2. The summed E-state index contributed by atoms with van der Waals surface area (Å²) in [6.07, 6.45) is 2.44. The van der Waals surface area contributed by atoms with Gasteiger partial charge in [0.2, 0.25) is 20.0 Å². The van der Waals surface area contributed by atoms with Crippen molar-refractivity contribution in [2.24, 2.45) is 0 Å². The highest BCUT2D eigenvalue weighted by molar-refractivity contribution is 7.89. The van der Waals surface area contributed by atoms with Crippen LogP contribution in [0.2, 0.25) is 0 Å². The predicted octanol–water partition coefficient (Wildman–Crippen LogP) is 0.880. The predicted molar refractivity (Wildman–Crippen MR) is 110 cm³/mol. The maximum atomic E-state index is 12.9. The third kappa shape index (κ3) is 5.47. The molecule has 2 rings (SSSR count). The first-order chi connectivity index (χ1) is 13.5. The lowest BCUT2D eigenvalue weighted by Crippen LogP contribution is -2.49. The second kappa shape index (κ2) is 9.41. The van der Waals surface area contributed by atoms with Crippen molar-refractivity contribution in [3.05, 3.63) is 23.8 Å². The largest absolute Gasteiger partial charge is 0.495 e. The van der Waals surface area contributed by atoms with Crippen LogP contribution < -0.4 is 10.1 Å². The summed E-state index contributed by atoms with van der Waals surface area (Å²) in [5, 5.41) is 2.82. The number of rotatable bonds is 8. The van der Waals surface area contributed by atoms with Gasteiger partial charge in [0, 0.05) is 37.8 Å². The molecule has 1 unspecified atom stereocenters. The Hall–Kier alpha value is -1.69. The highest BCUT2D eigenvalue weighted by Gasteiger charge is 2.29. The van der Waals surface area contributed by atoms with Crippen molar-refractivity contribution in [2.75, 3.05) is 39.5 Å². The first-order valence-corrected chi connectivity index (χ1v) is 12.8. The molecule has 0 bridgehead atoms. The van der Waals surface area contributed by atoms with Gasteiger partial charge < -0.3 is 10.1 Å². The second-order valence-electron chi connectivity index (χ2n) is 6.89. The fourth-order valence-electron chi connectivity index (χ4n) is 3.35. The summed E-state index contributed by atoms with van der Waals surface area (Å²) < 4.78 is 57.2. The summed E-state index contributed by atoms with van der Waals surface area (Å²) in [5.41, 5.74) is 0.174. The minimum absolute atomic E-state index is 0.0715. The van der Waals surface area contributed by atoms with E-state index in [1.165, 1.54) is 33.9 Å². The Morgan fingerprint density at radius 2 is 1.90 bits per heavy atom. The summed E-state index contributed by atoms with van der Waals surface area (Å²) in [7, 11) is -5.78. The molecule has 1 amide bonds. The van der Waals surface area contributed by atoms with Crippen LogP contribution in [-0.4, -0.2) is 76.9 Å². The number of hydrogen-bond donors (Lipinski definition) is 1. The van der Waals surface area contributed by atoms with E-state index in [0.717, 1.165) is 6.26 Å². The standard InChI is InChI=1S/C18H29N3O6S2/c1-5-20(6-2)29(25,26)17-12-14(9-10-16(17)27-3)18(22)19-15-8-7-11-21(13-15)28(4,23)24/h9-10,12,15H,5-8,11,13H2,1-4H3,(H,19,22). The Morgan fingerprint density at radius 3 is 2.45 bits per heavy atom. The van der Waals surface area contributed by atoms with Crippen LogP contribution in [-0.2, 0) is 20.0 Å². The zero-order chi connectivity index (χ0) is 21.8. The van der Waals surface area contributed by atoms with Crippen LogP contribution >= 0.6 is 0 Å². The molecular weight excluding hydrogens is 418 g/mol. The number of ether oxygens (including phenoxy) is 1. The molecule has 0 spiro atoms. The van der Waals surface area contributed by atoms with Gasteiger partial charge in [-0.3, -0.25) is 4.79 Å². The number of nitrogens with one attached hydrogen (secondary N) is 1. The molecule has 1 heterocycles. The number of sulfonamides is 2. The van der Waals surface area contributed by atoms with Crippen LogP contribution in [0.25, 0.3) is 0 Å². The average molecular weight is 448 g/mol. The van der Waals surface area contributed by atoms with Gasteiger partial charge in [0.25, 0.3) is 5.91 Å². The molecule has 1 atom stereocenters. The summed E-state index contributed by atoms with van der Waals surface area (Å²) in [4.78, 5) is 12.7. The Kier molecular flexibility index (Phi) is 7.66. The monoisotopic (exact) mass is 447 g/mol. The molecule has 1 fully saturated rings. The van der Waals surface area contributed by atoms with Crippen molar-refractivity contribution < 1.29 is 26.4 Å². The van der Waals surface area contributed by atoms with Gasteiger partial charge in [0.15, 0.2) is 0 Å². The number of piperidine rings is 1. The fraction of sp³-hybridized carbons (Fsp3) is 0.611. The number of hydrogen-bond acceptors (Lipinski definition) is 6. The van der Waals surface area contributed by atoms with Gasteiger partial charge in [0.05, 0.1) is 13.4 Å². The highest BCUT2D eigenvalue weighted by atomic mass is 32.2. The minimum atomic E-state index is -3.82. The first-order valence-electron chi connectivity index (χ1n) is 9.48. The zero-order valence-corrected chi connectivity index (χ0v) is 18.8. The van der Waals surface area contributed by atoms with E-state index in [2.05, 4.69) is 5.32 Å². The molecule has 0 radical (unpaired) electrons. The topological polar surface area (TPSA) is 113 Å². The van der Waals surface area contributed by atoms with Crippen LogP contribution in [0.5, 0.6) is 5.75 Å². The third-order valence-electron chi connectivity index (χ3n) is 4.94. The van der Waals surface area contributed by atoms with E-state index in [0.29, 0.717) is 32.5 Å². The lowest BCUT2D eigenvalue weighted by atomic mass is 10.1. The van der Waals surface area contributed by atoms with E-state index in [1.807, 2.05) is 0 Å². The van der Waals surface area contributed by atoms with Crippen molar-refractivity contribution in [2.45, 2.75) is 37.6 Å². The Bertz CT molecular complexity index is 942. The molecular formula is C18H29N3O6S2. The van der Waals surface area contributed by atoms with E-state index in [4.69, 9.17) is 4.74 Å². The van der Waals surface area contributed by atoms with Gasteiger partial charge in [-0.15, -0.1) is 0 Å². The summed E-state index contributed by atoms with van der Waals surface area (Å²) >= 11 is 0. The van der Waals surface area contributed by atoms with Gasteiger partial charge in [0.1, 0.15) is 10.6 Å². The van der Waals surface area contributed by atoms with Crippen molar-refractivity contribution in [3.63, 3.8) is 0 Å². The van der Waals surface area contributed by atoms with E-state index >= 15 is 0 Å². The van der Waals surface area contributed by atoms with Crippen LogP contribution in [0.4, 0.5) is 0 Å². The smallest absolute Gasteiger partial charge is 0.251 e. The minimum Gasteiger partial charge on any atom is -0.495 e. The number of carbonyl (C=O) groups is 1. The van der Waals surface area contributed by atoms with E-state index in [9.17, 15) is 21.6 Å². The van der Waals surface area contributed by atoms with E-state index < -0.39 is 26.0 Å². The molecule has 1 aromatic rings. The molecule has 0 aromatic heterocycles. The molecule has 164 valence electrons. The first kappa shape index (κ1) is 23.6. The summed E-state index contributed by atoms with van der Waals surface area (Å²) in [6, 6.07) is 3.91. The molecule has 1 aliphatic heterocycles. The average Bonchev–Trinajstić information content (AvgIpc) is 2.67. The number of carbonyl (C=O) groups excluding carboxylic acids is 1. The van der Waals surface area contributed by atoms with Crippen molar-refractivity contribution >= 4 is 26.0 Å². The molecule has 11 heteroatoms. The van der Waals surface area contributed by atoms with E-state index in [1.54, 1.807) is 13.8 Å². The van der Waals surface area contributed by atoms with Crippen LogP contribution in [0.1, 0.15) is 37.0 Å². The van der Waals surface area contributed by atoms with Gasteiger partial charge in [-0.05, 0) is 31.0 Å². The van der Waals surface area contributed by atoms with Gasteiger partial charge in [-0.2, -0.15) is 4.31 Å². The Balaban J connectivity index is 2.28. The Labute approximate surface area is 173 Å². The van der Waals surface area contributed by atoms with Crippen LogP contribution in [0.3, 0.4) is 0 Å². The summed E-state index contributed by atoms with van der Waals surface area (Å²) in [6.45, 7) is 4.69. The maximum absolute atomic E-state index is 12.9. The molecule has 29 heavy (non-hydrogen) atoms. The molecule has 1 N–H and O–H groups in total. The molecule has 1 aromatic carbocycles. The maximum Gasteiger partial charge on any atom is 0.251 e. The lowest BCUT2D eigenvalue weighted by molar-refractivity contribution is 0.0921. The van der Waals surface area contributed by atoms with Crippen LogP contribution in [0.15, 0.2) is 23.1 Å². The second-order valence-corrected chi connectivity index (χ2v) is 10.8. The number of methoxy groups -OCH3 is 1. The highest BCUT2D eigenvalue weighted by Crippen LogP contribution is 2.28. The molecule has 1 aliphatic rings. The quantitative estimate of drug-likeness (QED) is 0.633. The van der Waals surface area contributed by atoms with Crippen molar-refractivity contribution in [3.8, 4) is 5.75 Å². The lowest BCUT2D eigenvalue weighted by Gasteiger charge is -2.31. The normalized spacial score (nSPS) is 18.6. The number of benzene rings is 1. The van der Waals surface area contributed by atoms with Gasteiger partial charge in [-0.1, -0.05) is 13.8 Å². The summed E-state index contributed by atoms with van der Waals surface area (Å²) in [5.74, 6) is -0.293. The molecule has 1 saturated heterocycles. The van der Waals surface area contributed by atoms with Gasteiger partial charge >= 0.3 is 0 Å². The molecule has 0 aliphatic carbocycles. The molecule has 0 saturated carbocycles. The fourth-order valence-corrected chi connectivity index (χ4v) is 5.90. The third-order valence-corrected chi connectivity index (χ3v) is 8.28. The Morgan fingerprint density at radius 1 is 1.24 bits per heavy atom. The van der Waals surface area contributed by atoms with Gasteiger partial charge in [-0.25, -0.2) is 21.1 Å².